The first-order chi connectivity index (χ1) is 14.3. The predicted molar refractivity (Wildman–Crippen MR) is 110 cm³/mol. The van der Waals surface area contributed by atoms with E-state index in [2.05, 4.69) is 10.6 Å². The fourth-order valence-electron chi connectivity index (χ4n) is 2.32. The van der Waals surface area contributed by atoms with Crippen LogP contribution in [-0.4, -0.2) is 23.4 Å². The highest BCUT2D eigenvalue weighted by atomic mass is 35.5. The summed E-state index contributed by atoms with van der Waals surface area (Å²) in [6.07, 6.45) is 1.24. The molecule has 0 aliphatic heterocycles. The van der Waals surface area contributed by atoms with Crippen LogP contribution in [0.5, 0.6) is 0 Å². The molecule has 2 aromatic carbocycles. The van der Waals surface area contributed by atoms with Gasteiger partial charge in [-0.15, -0.1) is 0 Å². The number of nitrogens with one attached hydrogen (secondary N) is 2. The van der Waals surface area contributed by atoms with Crippen molar-refractivity contribution in [1.29, 1.82) is 5.26 Å². The van der Waals surface area contributed by atoms with Crippen LogP contribution in [0.4, 0.5) is 11.4 Å². The number of nitro benzene ring substituents is 1. The van der Waals surface area contributed by atoms with E-state index in [1.165, 1.54) is 18.3 Å². The molecule has 154 valence electrons. The second-order valence-corrected chi connectivity index (χ2v) is 6.25. The van der Waals surface area contributed by atoms with Crippen LogP contribution in [0, 0.1) is 21.4 Å². The van der Waals surface area contributed by atoms with Crippen molar-refractivity contribution in [3.8, 4) is 6.07 Å². The molecule has 30 heavy (non-hydrogen) atoms. The summed E-state index contributed by atoms with van der Waals surface area (Å²) in [6.45, 7) is 2.31. The molecular formula is C20H17ClN4O5. The number of halogens is 1. The van der Waals surface area contributed by atoms with Gasteiger partial charge in [0.05, 0.1) is 17.1 Å². The summed E-state index contributed by atoms with van der Waals surface area (Å²) in [7, 11) is 0. The molecule has 0 saturated heterocycles. The number of nitrogens with zero attached hydrogens (tertiary/aromatic N) is 2. The molecule has 1 amide bonds. The summed E-state index contributed by atoms with van der Waals surface area (Å²) in [5, 5.41) is 25.3. The predicted octanol–water partition coefficient (Wildman–Crippen LogP) is 3.56. The van der Waals surface area contributed by atoms with Crippen molar-refractivity contribution < 1.29 is 19.2 Å². The van der Waals surface area contributed by atoms with Gasteiger partial charge in [-0.2, -0.15) is 5.26 Å². The zero-order chi connectivity index (χ0) is 22.1. The maximum Gasteiger partial charge on any atom is 0.338 e. The number of nitro groups is 1. The smallest absolute Gasteiger partial charge is 0.338 e. The number of carbonyl (C=O) groups is 2. The molecule has 2 rings (SSSR count). The number of anilines is 1. The van der Waals surface area contributed by atoms with Gasteiger partial charge in [0.2, 0.25) is 0 Å². The molecule has 0 spiro atoms. The van der Waals surface area contributed by atoms with E-state index in [0.717, 1.165) is 11.6 Å². The number of amides is 1. The first-order valence-corrected chi connectivity index (χ1v) is 9.08. The largest absolute Gasteiger partial charge is 0.462 e. The minimum atomic E-state index is -0.737. The maximum absolute atomic E-state index is 12.2. The molecule has 0 aliphatic rings. The standard InChI is InChI=1S/C20H17ClN4O5/c1-2-30-20(27)14-5-3-13(4-6-14)11-23-12-15(10-22)19(26)24-16-7-8-17(21)18(9-16)25(28)29/h3-9,12,23H,2,11H2,1H3,(H,24,26)/b15-12-. The van der Waals surface area contributed by atoms with Crippen LogP contribution in [0.15, 0.2) is 54.2 Å². The average molecular weight is 429 g/mol. The van der Waals surface area contributed by atoms with Gasteiger partial charge in [0.25, 0.3) is 11.6 Å². The van der Waals surface area contributed by atoms with Crippen molar-refractivity contribution in [3.05, 3.63) is 80.5 Å². The van der Waals surface area contributed by atoms with Crippen molar-refractivity contribution in [2.75, 3.05) is 11.9 Å². The van der Waals surface area contributed by atoms with Crippen LogP contribution in [-0.2, 0) is 16.1 Å². The van der Waals surface area contributed by atoms with E-state index < -0.39 is 16.8 Å². The normalized spacial score (nSPS) is 10.6. The Morgan fingerprint density at radius 3 is 2.57 bits per heavy atom. The fourth-order valence-corrected chi connectivity index (χ4v) is 2.51. The van der Waals surface area contributed by atoms with E-state index in [-0.39, 0.29) is 28.6 Å². The second kappa shape index (κ2) is 10.6. The van der Waals surface area contributed by atoms with Gasteiger partial charge in [-0.05, 0) is 36.8 Å². The molecule has 2 N–H and O–H groups in total. The van der Waals surface area contributed by atoms with Crippen molar-refractivity contribution in [2.24, 2.45) is 0 Å². The lowest BCUT2D eigenvalue weighted by Crippen LogP contribution is -2.16. The zero-order valence-corrected chi connectivity index (χ0v) is 16.6. The molecule has 0 unspecified atom stereocenters. The Morgan fingerprint density at radius 2 is 1.97 bits per heavy atom. The number of hydrogen-bond donors (Lipinski definition) is 2. The highest BCUT2D eigenvalue weighted by molar-refractivity contribution is 6.32. The van der Waals surface area contributed by atoms with Crippen LogP contribution in [0.1, 0.15) is 22.8 Å². The third-order valence-corrected chi connectivity index (χ3v) is 4.10. The fraction of sp³-hybridized carbons (Fsp3) is 0.150. The van der Waals surface area contributed by atoms with Gasteiger partial charge in [-0.25, -0.2) is 4.79 Å². The van der Waals surface area contributed by atoms with E-state index >= 15 is 0 Å². The topological polar surface area (TPSA) is 134 Å². The lowest BCUT2D eigenvalue weighted by molar-refractivity contribution is -0.384. The average Bonchev–Trinajstić information content (AvgIpc) is 2.73. The summed E-state index contributed by atoms with van der Waals surface area (Å²) >= 11 is 5.73. The monoisotopic (exact) mass is 428 g/mol. The molecule has 0 atom stereocenters. The molecule has 0 bridgehead atoms. The summed E-state index contributed by atoms with van der Waals surface area (Å²) in [5.74, 6) is -1.15. The van der Waals surface area contributed by atoms with E-state index in [0.29, 0.717) is 12.1 Å². The molecule has 9 nitrogen and oxygen atoms in total. The Morgan fingerprint density at radius 1 is 1.27 bits per heavy atom. The van der Waals surface area contributed by atoms with Crippen LogP contribution < -0.4 is 10.6 Å². The maximum atomic E-state index is 12.2. The number of benzene rings is 2. The third-order valence-electron chi connectivity index (χ3n) is 3.78. The Bertz CT molecular complexity index is 1030. The quantitative estimate of drug-likeness (QED) is 0.216. The van der Waals surface area contributed by atoms with Crippen molar-refractivity contribution in [2.45, 2.75) is 13.5 Å². The number of ether oxygens (including phenoxy) is 1. The van der Waals surface area contributed by atoms with Crippen molar-refractivity contribution in [3.63, 3.8) is 0 Å². The molecule has 0 aromatic heterocycles. The number of hydrogen-bond acceptors (Lipinski definition) is 7. The van der Waals surface area contributed by atoms with Gasteiger partial charge in [0.1, 0.15) is 16.7 Å². The Hall–Kier alpha value is -3.90. The highest BCUT2D eigenvalue weighted by Crippen LogP contribution is 2.27. The molecule has 10 heteroatoms. The van der Waals surface area contributed by atoms with Gasteiger partial charge < -0.3 is 15.4 Å². The lowest BCUT2D eigenvalue weighted by Gasteiger charge is -2.06. The van der Waals surface area contributed by atoms with Crippen molar-refractivity contribution >= 4 is 34.9 Å². The highest BCUT2D eigenvalue weighted by Gasteiger charge is 2.15. The van der Waals surface area contributed by atoms with Gasteiger partial charge in [0, 0.05) is 24.5 Å². The van der Waals surface area contributed by atoms with Gasteiger partial charge in [-0.3, -0.25) is 14.9 Å². The Kier molecular flexibility index (Phi) is 7.90. The van der Waals surface area contributed by atoms with Crippen molar-refractivity contribution in [1.82, 2.24) is 5.32 Å². The minimum Gasteiger partial charge on any atom is -0.462 e. The molecule has 0 aliphatic carbocycles. The lowest BCUT2D eigenvalue weighted by atomic mass is 10.1. The number of rotatable bonds is 8. The van der Waals surface area contributed by atoms with E-state index in [4.69, 9.17) is 16.3 Å². The number of esters is 1. The first kappa shape index (κ1) is 22.4. The van der Waals surface area contributed by atoms with Crippen LogP contribution in [0.3, 0.4) is 0 Å². The second-order valence-electron chi connectivity index (χ2n) is 5.85. The van der Waals surface area contributed by atoms with E-state index in [1.807, 2.05) is 0 Å². The number of carbonyl (C=O) groups excluding carboxylic acids is 2. The molecule has 0 saturated carbocycles. The van der Waals surface area contributed by atoms with Crippen LogP contribution in [0.25, 0.3) is 0 Å². The summed E-state index contributed by atoms with van der Waals surface area (Å²) in [5.41, 5.74) is 0.777. The van der Waals surface area contributed by atoms with Crippen LogP contribution in [0.2, 0.25) is 5.02 Å². The summed E-state index contributed by atoms with van der Waals surface area (Å²) < 4.78 is 4.91. The van der Waals surface area contributed by atoms with Gasteiger partial charge in [-0.1, -0.05) is 23.7 Å². The zero-order valence-electron chi connectivity index (χ0n) is 15.8. The van der Waals surface area contributed by atoms with Gasteiger partial charge >= 0.3 is 5.97 Å². The summed E-state index contributed by atoms with van der Waals surface area (Å²) in [6, 6.07) is 12.2. The minimum absolute atomic E-state index is 0.0651. The third kappa shape index (κ3) is 6.05. The summed E-state index contributed by atoms with van der Waals surface area (Å²) in [4.78, 5) is 34.1. The molecule has 2 aromatic rings. The Labute approximate surface area is 177 Å². The molecule has 0 heterocycles. The Balaban J connectivity index is 1.99. The van der Waals surface area contributed by atoms with Gasteiger partial charge in [0.15, 0.2) is 0 Å². The SMILES string of the molecule is CCOC(=O)c1ccc(CN/C=C(/C#N)C(=O)Nc2ccc(Cl)c([N+](=O)[O-])c2)cc1. The first-order valence-electron chi connectivity index (χ1n) is 8.70. The van der Waals surface area contributed by atoms with E-state index in [1.54, 1.807) is 37.3 Å². The molecule has 0 fully saturated rings. The van der Waals surface area contributed by atoms with Crippen LogP contribution >= 0.6 is 11.6 Å². The number of nitriles is 1. The van der Waals surface area contributed by atoms with E-state index in [9.17, 15) is 25.0 Å². The molecule has 0 radical (unpaired) electrons. The molecular weight excluding hydrogens is 412 g/mol.